The lowest BCUT2D eigenvalue weighted by Gasteiger charge is -2.19. The summed E-state index contributed by atoms with van der Waals surface area (Å²) < 4.78 is 6.35. The van der Waals surface area contributed by atoms with E-state index in [2.05, 4.69) is 5.10 Å². The molecule has 10 heteroatoms. The minimum atomic E-state index is -0.793. The van der Waals surface area contributed by atoms with Crippen LogP contribution in [0.2, 0.25) is 0 Å². The van der Waals surface area contributed by atoms with Crippen LogP contribution in [0.15, 0.2) is 42.5 Å². The number of hydrogen-bond acceptors (Lipinski definition) is 7. The molecule has 0 N–H and O–H groups in total. The standard InChI is InChI=1S/C21H18N4O6/c1-21(2,3)31-20(28)24-17-9-8-12(25(29)30)10-15(17)16(22-24)11-23-18(26)13-6-4-5-7-14(13)19(23)27/h4-10H,11H2,1-3H3. The van der Waals surface area contributed by atoms with Gasteiger partial charge in [0.25, 0.3) is 17.5 Å². The van der Waals surface area contributed by atoms with Crippen molar-refractivity contribution in [2.45, 2.75) is 32.9 Å². The summed E-state index contributed by atoms with van der Waals surface area (Å²) in [6.45, 7) is 4.84. The first kappa shape index (κ1) is 20.2. The first-order valence-electron chi connectivity index (χ1n) is 9.41. The van der Waals surface area contributed by atoms with Gasteiger partial charge in [-0.05, 0) is 39.0 Å². The highest BCUT2D eigenvalue weighted by molar-refractivity contribution is 6.21. The van der Waals surface area contributed by atoms with Crippen molar-refractivity contribution in [2.75, 3.05) is 0 Å². The maximum Gasteiger partial charge on any atom is 0.435 e. The summed E-state index contributed by atoms with van der Waals surface area (Å²) in [6.07, 6.45) is -0.778. The molecule has 1 aliphatic heterocycles. The second-order valence-electron chi connectivity index (χ2n) is 8.04. The molecule has 2 amide bonds. The Labute approximate surface area is 176 Å². The fourth-order valence-corrected chi connectivity index (χ4v) is 3.38. The summed E-state index contributed by atoms with van der Waals surface area (Å²) >= 11 is 0. The molecule has 31 heavy (non-hydrogen) atoms. The van der Waals surface area contributed by atoms with Crippen LogP contribution in [0.3, 0.4) is 0 Å². The molecule has 2 heterocycles. The fourth-order valence-electron chi connectivity index (χ4n) is 3.38. The van der Waals surface area contributed by atoms with Crippen LogP contribution in [0.1, 0.15) is 47.2 Å². The number of nitrogens with zero attached hydrogens (tertiary/aromatic N) is 4. The van der Waals surface area contributed by atoms with Crippen LogP contribution < -0.4 is 0 Å². The van der Waals surface area contributed by atoms with Gasteiger partial charge in [0.2, 0.25) is 0 Å². The Morgan fingerprint density at radius 2 is 1.71 bits per heavy atom. The molecule has 0 atom stereocenters. The van der Waals surface area contributed by atoms with E-state index in [4.69, 9.17) is 4.74 Å². The zero-order valence-corrected chi connectivity index (χ0v) is 17.0. The van der Waals surface area contributed by atoms with E-state index in [0.29, 0.717) is 0 Å². The first-order valence-corrected chi connectivity index (χ1v) is 9.41. The molecule has 2 aromatic carbocycles. The number of ether oxygens (including phenoxy) is 1. The molecule has 0 aliphatic carbocycles. The maximum atomic E-state index is 12.7. The zero-order chi connectivity index (χ0) is 22.5. The Kier molecular flexibility index (Phi) is 4.57. The smallest absolute Gasteiger partial charge is 0.435 e. The van der Waals surface area contributed by atoms with E-state index < -0.39 is 28.4 Å². The van der Waals surface area contributed by atoms with Crippen molar-refractivity contribution in [1.82, 2.24) is 14.7 Å². The quantitative estimate of drug-likeness (QED) is 0.359. The van der Waals surface area contributed by atoms with Gasteiger partial charge in [-0.3, -0.25) is 24.6 Å². The molecule has 158 valence electrons. The number of nitro benzene ring substituents is 1. The summed E-state index contributed by atoms with van der Waals surface area (Å²) in [5, 5.41) is 15.8. The van der Waals surface area contributed by atoms with Crippen LogP contribution >= 0.6 is 0 Å². The van der Waals surface area contributed by atoms with E-state index in [-0.39, 0.29) is 40.0 Å². The third-order valence-corrected chi connectivity index (χ3v) is 4.70. The maximum absolute atomic E-state index is 12.7. The summed E-state index contributed by atoms with van der Waals surface area (Å²) in [7, 11) is 0. The van der Waals surface area contributed by atoms with Crippen molar-refractivity contribution < 1.29 is 24.0 Å². The summed E-state index contributed by atoms with van der Waals surface area (Å²) in [5.41, 5.74) is -0.0205. The molecule has 1 aliphatic rings. The largest absolute Gasteiger partial charge is 0.442 e. The predicted octanol–water partition coefficient (Wildman–Crippen LogP) is 3.52. The van der Waals surface area contributed by atoms with Gasteiger partial charge in [0.05, 0.1) is 33.8 Å². The summed E-state index contributed by atoms with van der Waals surface area (Å²) in [5.74, 6) is -0.989. The van der Waals surface area contributed by atoms with Gasteiger partial charge in [-0.1, -0.05) is 12.1 Å². The molecular weight excluding hydrogens is 404 g/mol. The number of carbonyl (C=O) groups excluding carboxylic acids is 3. The van der Waals surface area contributed by atoms with E-state index in [0.717, 1.165) is 9.58 Å². The minimum Gasteiger partial charge on any atom is -0.442 e. The number of nitro groups is 1. The summed E-state index contributed by atoms with van der Waals surface area (Å²) in [6, 6.07) is 10.3. The Hall–Kier alpha value is -4.08. The normalized spacial score (nSPS) is 13.6. The van der Waals surface area contributed by atoms with Crippen LogP contribution in [-0.2, 0) is 11.3 Å². The highest BCUT2D eigenvalue weighted by atomic mass is 16.6. The topological polar surface area (TPSA) is 125 Å². The van der Waals surface area contributed by atoms with Crippen LogP contribution in [-0.4, -0.2) is 43.1 Å². The summed E-state index contributed by atoms with van der Waals surface area (Å²) in [4.78, 5) is 49.8. The highest BCUT2D eigenvalue weighted by Gasteiger charge is 2.36. The molecule has 0 fully saturated rings. The predicted molar refractivity (Wildman–Crippen MR) is 109 cm³/mol. The Morgan fingerprint density at radius 1 is 1.10 bits per heavy atom. The molecule has 0 radical (unpaired) electrons. The van der Waals surface area contributed by atoms with Gasteiger partial charge >= 0.3 is 6.09 Å². The van der Waals surface area contributed by atoms with E-state index in [1.165, 1.54) is 18.2 Å². The zero-order valence-electron chi connectivity index (χ0n) is 17.0. The molecule has 0 saturated carbocycles. The van der Waals surface area contributed by atoms with Crippen molar-refractivity contribution in [3.63, 3.8) is 0 Å². The lowest BCUT2D eigenvalue weighted by molar-refractivity contribution is -0.384. The fraction of sp³-hybridized carbons (Fsp3) is 0.238. The minimum absolute atomic E-state index is 0.166. The van der Waals surface area contributed by atoms with Crippen molar-refractivity contribution in [1.29, 1.82) is 0 Å². The van der Waals surface area contributed by atoms with Gasteiger partial charge in [-0.15, -0.1) is 0 Å². The first-order chi connectivity index (χ1) is 14.6. The average Bonchev–Trinajstić information content (AvgIpc) is 3.18. The molecule has 0 bridgehead atoms. The van der Waals surface area contributed by atoms with Crippen LogP contribution in [0, 0.1) is 10.1 Å². The van der Waals surface area contributed by atoms with E-state index in [9.17, 15) is 24.5 Å². The monoisotopic (exact) mass is 422 g/mol. The number of fused-ring (bicyclic) bond motifs is 2. The Morgan fingerprint density at radius 3 is 2.26 bits per heavy atom. The number of carbonyl (C=O) groups is 3. The Bertz CT molecular complexity index is 1240. The highest BCUT2D eigenvalue weighted by Crippen LogP contribution is 2.29. The number of imide groups is 1. The number of amides is 2. The molecule has 3 aromatic rings. The SMILES string of the molecule is CC(C)(C)OC(=O)n1nc(CN2C(=O)c3ccccc3C2=O)c2cc([N+](=O)[O-])ccc21. The van der Waals surface area contributed by atoms with Crippen LogP contribution in [0.25, 0.3) is 10.9 Å². The third-order valence-electron chi connectivity index (χ3n) is 4.70. The van der Waals surface area contributed by atoms with E-state index >= 15 is 0 Å². The third kappa shape index (κ3) is 3.52. The number of hydrogen-bond donors (Lipinski definition) is 0. The van der Waals surface area contributed by atoms with Gasteiger partial charge in [0.1, 0.15) is 5.60 Å². The van der Waals surface area contributed by atoms with Gasteiger partial charge in [0, 0.05) is 17.5 Å². The molecule has 10 nitrogen and oxygen atoms in total. The van der Waals surface area contributed by atoms with Crippen molar-refractivity contribution in [3.05, 3.63) is 69.4 Å². The number of non-ortho nitro benzene ring substituents is 1. The molecule has 1 aromatic heterocycles. The molecule has 0 saturated heterocycles. The van der Waals surface area contributed by atoms with Crippen molar-refractivity contribution in [2.24, 2.45) is 0 Å². The van der Waals surface area contributed by atoms with E-state index in [1.54, 1.807) is 45.0 Å². The molecule has 4 rings (SSSR count). The number of rotatable bonds is 3. The lowest BCUT2D eigenvalue weighted by atomic mass is 10.1. The Balaban J connectivity index is 1.79. The van der Waals surface area contributed by atoms with E-state index in [1.807, 2.05) is 0 Å². The average molecular weight is 422 g/mol. The van der Waals surface area contributed by atoms with Crippen LogP contribution in [0.5, 0.6) is 0 Å². The number of aromatic nitrogens is 2. The molecule has 0 unspecified atom stereocenters. The lowest BCUT2D eigenvalue weighted by Crippen LogP contribution is -2.30. The van der Waals surface area contributed by atoms with Gasteiger partial charge in [-0.25, -0.2) is 4.79 Å². The van der Waals surface area contributed by atoms with Crippen molar-refractivity contribution in [3.8, 4) is 0 Å². The number of benzene rings is 2. The van der Waals surface area contributed by atoms with Gasteiger partial charge in [-0.2, -0.15) is 9.78 Å². The van der Waals surface area contributed by atoms with Crippen LogP contribution in [0.4, 0.5) is 10.5 Å². The molecular formula is C21H18N4O6. The second-order valence-corrected chi connectivity index (χ2v) is 8.04. The second kappa shape index (κ2) is 7.01. The van der Waals surface area contributed by atoms with Gasteiger partial charge < -0.3 is 4.74 Å². The molecule has 0 spiro atoms. The van der Waals surface area contributed by atoms with Gasteiger partial charge in [0.15, 0.2) is 0 Å². The van der Waals surface area contributed by atoms with Crippen molar-refractivity contribution >= 4 is 34.5 Å².